The molecule has 8 rings (SSSR count). The van der Waals surface area contributed by atoms with Gasteiger partial charge in [-0.3, -0.25) is 14.8 Å². The summed E-state index contributed by atoms with van der Waals surface area (Å²) in [7, 11) is 0. The summed E-state index contributed by atoms with van der Waals surface area (Å²) in [6, 6.07) is 17.1. The molecule has 2 fully saturated rings. The van der Waals surface area contributed by atoms with Crippen LogP contribution < -0.4 is 10.6 Å². The lowest BCUT2D eigenvalue weighted by Crippen LogP contribution is -2.46. The number of nitrogens with one attached hydrogen (secondary N) is 2. The number of benzene rings is 3. The third-order valence-electron chi connectivity index (χ3n) is 10.6. The Morgan fingerprint density at radius 3 is 2.50 bits per heavy atom. The fourth-order valence-corrected chi connectivity index (χ4v) is 8.05. The van der Waals surface area contributed by atoms with E-state index in [2.05, 4.69) is 76.7 Å². The van der Waals surface area contributed by atoms with E-state index in [1.54, 1.807) is 6.07 Å². The number of rotatable bonds is 8. The van der Waals surface area contributed by atoms with Gasteiger partial charge in [-0.2, -0.15) is 5.26 Å². The molecule has 13 heteroatoms. The lowest BCUT2D eigenvalue weighted by Gasteiger charge is -2.40. The minimum Gasteiger partial charge on any atom is -0.378 e. The molecular weight excluding hydrogens is 700 g/mol. The van der Waals surface area contributed by atoms with Crippen LogP contribution >= 0.6 is 23.2 Å². The monoisotopic (exact) mass is 739 g/mol. The van der Waals surface area contributed by atoms with E-state index in [0.717, 1.165) is 63.5 Å². The summed E-state index contributed by atoms with van der Waals surface area (Å²) in [5, 5.41) is 27.6. The number of likely N-dealkylation sites (tertiary alicyclic amines) is 1. The molecule has 3 aliphatic heterocycles. The van der Waals surface area contributed by atoms with Crippen LogP contribution in [0.4, 0.5) is 21.5 Å². The maximum Gasteiger partial charge on any atom is 0.141 e. The molecule has 0 spiro atoms. The Balaban J connectivity index is 1.18. The minimum atomic E-state index is -0.531. The van der Waals surface area contributed by atoms with Crippen LogP contribution in [0.3, 0.4) is 0 Å². The molecule has 5 aromatic rings. The van der Waals surface area contributed by atoms with Crippen LogP contribution in [-0.4, -0.2) is 67.7 Å². The predicted molar refractivity (Wildman–Crippen MR) is 202 cm³/mol. The molecular formula is C39H40Cl2FN9O. The summed E-state index contributed by atoms with van der Waals surface area (Å²) in [5.41, 5.74) is 7.17. The number of ether oxygens (including phenoxy) is 1. The van der Waals surface area contributed by atoms with Gasteiger partial charge in [0, 0.05) is 54.7 Å². The number of fused-ring (bicyclic) bond motifs is 2. The van der Waals surface area contributed by atoms with Crippen LogP contribution in [0.5, 0.6) is 0 Å². The van der Waals surface area contributed by atoms with Crippen LogP contribution in [-0.2, 0) is 17.8 Å². The fourth-order valence-electron chi connectivity index (χ4n) is 7.60. The minimum absolute atomic E-state index is 0.0308. The standard InChI is InChI=1S/C39H40Cl2FN9O/c1-39(2,3)50-11-9-27(10-12-50)51-20-35(47-48-51)38(29-6-4-5-23-18-49(19-31(23)29)28-21-52-22-28)46-26-13-30-36(45-25-7-8-34(42)32(40)14-25)24(16-43)17-44-37(30)33(41)15-26/h4-8,13-15,17,20,27-28,38,46H,9-12,18-19,21-22H2,1-3H3,(H,44,45)/t38-/m0/s1. The third-order valence-corrected chi connectivity index (χ3v) is 11.2. The molecule has 52 heavy (non-hydrogen) atoms. The van der Waals surface area contributed by atoms with E-state index in [-0.39, 0.29) is 22.6 Å². The number of aromatic nitrogens is 4. The predicted octanol–water partition coefficient (Wildman–Crippen LogP) is 8.24. The molecule has 268 valence electrons. The van der Waals surface area contributed by atoms with Crippen molar-refractivity contribution >= 4 is 51.2 Å². The second kappa shape index (κ2) is 13.9. The molecule has 0 bridgehead atoms. The molecule has 0 unspecified atom stereocenters. The molecule has 10 nitrogen and oxygen atoms in total. The maximum atomic E-state index is 14.0. The number of pyridine rings is 1. The van der Waals surface area contributed by atoms with Crippen molar-refractivity contribution in [1.29, 1.82) is 5.26 Å². The van der Waals surface area contributed by atoms with Crippen molar-refractivity contribution in [2.75, 3.05) is 36.9 Å². The molecule has 3 aliphatic rings. The first-order valence-electron chi connectivity index (χ1n) is 17.7. The van der Waals surface area contributed by atoms with Gasteiger partial charge in [-0.25, -0.2) is 9.07 Å². The summed E-state index contributed by atoms with van der Waals surface area (Å²) >= 11 is 13.0. The van der Waals surface area contributed by atoms with E-state index in [4.69, 9.17) is 38.3 Å². The van der Waals surface area contributed by atoms with Crippen LogP contribution in [0, 0.1) is 17.1 Å². The van der Waals surface area contributed by atoms with E-state index < -0.39 is 5.82 Å². The fraction of sp³-hybridized carbons (Fsp3) is 0.385. The molecule has 2 N–H and O–H groups in total. The van der Waals surface area contributed by atoms with Gasteiger partial charge in [0.25, 0.3) is 0 Å². The highest BCUT2D eigenvalue weighted by molar-refractivity contribution is 6.36. The zero-order chi connectivity index (χ0) is 36.1. The van der Waals surface area contributed by atoms with Crippen LogP contribution in [0.2, 0.25) is 10.0 Å². The molecule has 0 radical (unpaired) electrons. The van der Waals surface area contributed by atoms with Gasteiger partial charge in [-0.05, 0) is 80.6 Å². The maximum absolute atomic E-state index is 14.0. The summed E-state index contributed by atoms with van der Waals surface area (Å²) < 4.78 is 21.6. The number of halogens is 3. The lowest BCUT2D eigenvalue weighted by molar-refractivity contribution is -0.0670. The largest absolute Gasteiger partial charge is 0.378 e. The van der Waals surface area contributed by atoms with Gasteiger partial charge in [0.1, 0.15) is 17.6 Å². The second-order valence-electron chi connectivity index (χ2n) is 14.9. The van der Waals surface area contributed by atoms with Crippen molar-refractivity contribution in [1.82, 2.24) is 29.8 Å². The Bertz CT molecular complexity index is 2180. The zero-order valence-electron chi connectivity index (χ0n) is 29.3. The van der Waals surface area contributed by atoms with E-state index in [1.807, 2.05) is 16.8 Å². The number of nitriles is 1. The van der Waals surface area contributed by atoms with Crippen molar-refractivity contribution in [3.8, 4) is 6.07 Å². The first-order chi connectivity index (χ1) is 25.1. The van der Waals surface area contributed by atoms with Crippen molar-refractivity contribution in [3.05, 3.63) is 105 Å². The first kappa shape index (κ1) is 34.8. The molecule has 3 aromatic carbocycles. The van der Waals surface area contributed by atoms with Crippen molar-refractivity contribution in [2.24, 2.45) is 0 Å². The van der Waals surface area contributed by atoms with E-state index in [1.165, 1.54) is 29.5 Å². The van der Waals surface area contributed by atoms with Crippen LogP contribution in [0.15, 0.2) is 60.9 Å². The van der Waals surface area contributed by atoms with Gasteiger partial charge < -0.3 is 15.4 Å². The number of piperidine rings is 1. The summed E-state index contributed by atoms with van der Waals surface area (Å²) in [4.78, 5) is 9.54. The van der Waals surface area contributed by atoms with Gasteiger partial charge in [-0.15, -0.1) is 5.10 Å². The second-order valence-corrected chi connectivity index (χ2v) is 15.8. The number of hydrogen-bond acceptors (Lipinski definition) is 9. The smallest absolute Gasteiger partial charge is 0.141 e. The Morgan fingerprint density at radius 1 is 1.00 bits per heavy atom. The average Bonchev–Trinajstić information content (AvgIpc) is 3.76. The SMILES string of the molecule is CC(C)(C)N1CCC(n2cc([C@@H](Nc3cc(Cl)c4ncc(C#N)c(Nc5ccc(F)c(Cl)c5)c4c3)c3cccc4c3CN(C3COC3)C4)nn2)CC1. The molecule has 0 saturated carbocycles. The molecule has 1 atom stereocenters. The van der Waals surface area contributed by atoms with E-state index >= 15 is 0 Å². The average molecular weight is 741 g/mol. The van der Waals surface area contributed by atoms with E-state index in [9.17, 15) is 9.65 Å². The molecule has 5 heterocycles. The summed E-state index contributed by atoms with van der Waals surface area (Å²) in [5.74, 6) is -0.531. The molecule has 2 saturated heterocycles. The Kier molecular flexibility index (Phi) is 9.30. The quantitative estimate of drug-likeness (QED) is 0.163. The molecule has 0 aliphatic carbocycles. The highest BCUT2D eigenvalue weighted by Crippen LogP contribution is 2.40. The summed E-state index contributed by atoms with van der Waals surface area (Å²) in [6.07, 6.45) is 5.57. The van der Waals surface area contributed by atoms with Gasteiger partial charge in [0.05, 0.1) is 64.3 Å². The normalized spacial score (nSPS) is 17.9. The van der Waals surface area contributed by atoms with Crippen LogP contribution in [0.1, 0.15) is 73.6 Å². The van der Waals surface area contributed by atoms with Crippen molar-refractivity contribution < 1.29 is 9.13 Å². The highest BCUT2D eigenvalue weighted by Gasteiger charge is 2.34. The van der Waals surface area contributed by atoms with Gasteiger partial charge in [0.2, 0.25) is 0 Å². The lowest BCUT2D eigenvalue weighted by atomic mass is 9.95. The Morgan fingerprint density at radius 2 is 1.79 bits per heavy atom. The third kappa shape index (κ3) is 6.70. The van der Waals surface area contributed by atoms with Gasteiger partial charge in [0.15, 0.2) is 0 Å². The summed E-state index contributed by atoms with van der Waals surface area (Å²) in [6.45, 7) is 12.0. The van der Waals surface area contributed by atoms with Crippen LogP contribution in [0.25, 0.3) is 10.9 Å². The van der Waals surface area contributed by atoms with Gasteiger partial charge in [-0.1, -0.05) is 46.6 Å². The van der Waals surface area contributed by atoms with Crippen molar-refractivity contribution in [2.45, 2.75) is 70.4 Å². The highest BCUT2D eigenvalue weighted by atomic mass is 35.5. The zero-order valence-corrected chi connectivity index (χ0v) is 30.8. The number of anilines is 3. The topological polar surface area (TPSA) is 107 Å². The first-order valence-corrected chi connectivity index (χ1v) is 18.4. The molecule has 2 aromatic heterocycles. The van der Waals surface area contributed by atoms with Crippen molar-refractivity contribution in [3.63, 3.8) is 0 Å². The Labute approximate surface area is 312 Å². The molecule has 0 amide bonds. The van der Waals surface area contributed by atoms with Gasteiger partial charge >= 0.3 is 0 Å². The van der Waals surface area contributed by atoms with E-state index in [0.29, 0.717) is 44.6 Å². The number of nitrogens with zero attached hydrogens (tertiary/aromatic N) is 7. The Hall–Kier alpha value is -4.31. The number of hydrogen-bond donors (Lipinski definition) is 2.